The standard InChI is InChI=1S/C26H38N4O9/c1-14(2)10-19(30-24(37)17-8-9-21(33)28-17)25(38)27-16(13-31)11-20(32)23(36)26(39)29-18(12-22(34)35)15-6-4-3-5-7-15/h3-7,14,16-20,23,31-32,36H,8-13H2,1-2H3,(H,27,38)(H,28,33)(H,29,39)(H,30,37)(H,34,35)/t16-,17+,18+,19+,20-,23+/m1/s1. The Morgan fingerprint density at radius 2 is 1.67 bits per heavy atom. The smallest absolute Gasteiger partial charge is 0.305 e. The van der Waals surface area contributed by atoms with Gasteiger partial charge in [-0.1, -0.05) is 44.2 Å². The molecule has 13 nitrogen and oxygen atoms in total. The fourth-order valence-corrected chi connectivity index (χ4v) is 4.23. The Morgan fingerprint density at radius 1 is 1.00 bits per heavy atom. The first-order chi connectivity index (χ1) is 18.4. The van der Waals surface area contributed by atoms with Gasteiger partial charge in [0.25, 0.3) is 5.91 Å². The number of benzene rings is 1. The van der Waals surface area contributed by atoms with Crippen LogP contribution in [0.1, 0.15) is 57.6 Å². The molecule has 13 heteroatoms. The molecule has 8 N–H and O–H groups in total. The minimum atomic E-state index is -1.98. The average molecular weight is 551 g/mol. The third-order valence-corrected chi connectivity index (χ3v) is 6.27. The molecule has 0 radical (unpaired) electrons. The molecule has 1 aromatic carbocycles. The minimum absolute atomic E-state index is 0.00580. The molecule has 1 aliphatic rings. The van der Waals surface area contributed by atoms with E-state index in [2.05, 4.69) is 21.3 Å². The number of nitrogens with one attached hydrogen (secondary N) is 4. The maximum Gasteiger partial charge on any atom is 0.305 e. The molecular weight excluding hydrogens is 512 g/mol. The number of hydrogen-bond donors (Lipinski definition) is 8. The lowest BCUT2D eigenvalue weighted by Crippen LogP contribution is -2.55. The molecule has 39 heavy (non-hydrogen) atoms. The molecule has 0 spiro atoms. The van der Waals surface area contributed by atoms with Crippen molar-refractivity contribution in [1.29, 1.82) is 0 Å². The summed E-state index contributed by atoms with van der Waals surface area (Å²) in [6.45, 7) is 3.06. The van der Waals surface area contributed by atoms with Gasteiger partial charge >= 0.3 is 5.97 Å². The molecule has 0 unspecified atom stereocenters. The van der Waals surface area contributed by atoms with Crippen LogP contribution in [0.15, 0.2) is 30.3 Å². The zero-order valence-corrected chi connectivity index (χ0v) is 22.0. The molecule has 1 heterocycles. The fourth-order valence-electron chi connectivity index (χ4n) is 4.23. The van der Waals surface area contributed by atoms with Gasteiger partial charge in [-0.25, -0.2) is 0 Å². The molecule has 0 aromatic heterocycles. The number of aliphatic hydroxyl groups is 3. The molecule has 1 aromatic rings. The average Bonchev–Trinajstić information content (AvgIpc) is 3.33. The summed E-state index contributed by atoms with van der Waals surface area (Å²) in [5.74, 6) is -3.60. The van der Waals surface area contributed by atoms with Crippen molar-refractivity contribution in [1.82, 2.24) is 21.3 Å². The first kappa shape index (κ1) is 31.7. The van der Waals surface area contributed by atoms with E-state index in [1.165, 1.54) is 0 Å². The van der Waals surface area contributed by atoms with Gasteiger partial charge in [0.2, 0.25) is 17.7 Å². The summed E-state index contributed by atoms with van der Waals surface area (Å²) in [5, 5.41) is 49.9. The first-order valence-corrected chi connectivity index (χ1v) is 12.8. The third-order valence-electron chi connectivity index (χ3n) is 6.27. The first-order valence-electron chi connectivity index (χ1n) is 12.8. The Hall–Kier alpha value is -3.55. The highest BCUT2D eigenvalue weighted by Crippen LogP contribution is 2.17. The van der Waals surface area contributed by atoms with Crippen molar-refractivity contribution in [2.45, 2.75) is 82.3 Å². The van der Waals surface area contributed by atoms with Gasteiger partial charge in [-0.15, -0.1) is 0 Å². The summed E-state index contributed by atoms with van der Waals surface area (Å²) in [4.78, 5) is 60.8. The molecule has 0 aliphatic carbocycles. The van der Waals surface area contributed by atoms with Crippen LogP contribution in [-0.4, -0.2) is 87.0 Å². The Labute approximate surface area is 226 Å². The normalized spacial score (nSPS) is 18.8. The molecule has 1 saturated heterocycles. The van der Waals surface area contributed by atoms with Crippen molar-refractivity contribution >= 4 is 29.6 Å². The lowest BCUT2D eigenvalue weighted by atomic mass is 10.00. The van der Waals surface area contributed by atoms with E-state index in [9.17, 15) is 44.4 Å². The van der Waals surface area contributed by atoms with Gasteiger partial charge in [-0.3, -0.25) is 24.0 Å². The second-order valence-corrected chi connectivity index (χ2v) is 10.1. The fraction of sp³-hybridized carbons (Fsp3) is 0.577. The van der Waals surface area contributed by atoms with Crippen LogP contribution in [0.25, 0.3) is 0 Å². The van der Waals surface area contributed by atoms with Crippen molar-refractivity contribution in [2.75, 3.05) is 6.61 Å². The zero-order chi connectivity index (χ0) is 29.1. The van der Waals surface area contributed by atoms with E-state index in [1.54, 1.807) is 30.3 Å². The molecule has 216 valence electrons. The van der Waals surface area contributed by atoms with Crippen molar-refractivity contribution < 1.29 is 44.4 Å². The van der Waals surface area contributed by atoms with Crippen molar-refractivity contribution in [2.24, 2.45) is 5.92 Å². The highest BCUT2D eigenvalue weighted by Gasteiger charge is 2.33. The molecule has 4 amide bonds. The maximum atomic E-state index is 12.9. The number of carboxylic acids is 1. The Morgan fingerprint density at radius 3 is 2.21 bits per heavy atom. The Balaban J connectivity index is 1.99. The van der Waals surface area contributed by atoms with Crippen LogP contribution in [0, 0.1) is 5.92 Å². The highest BCUT2D eigenvalue weighted by atomic mass is 16.4. The van der Waals surface area contributed by atoms with Gasteiger partial charge in [0, 0.05) is 6.42 Å². The second-order valence-electron chi connectivity index (χ2n) is 10.1. The number of aliphatic carboxylic acids is 1. The predicted octanol–water partition coefficient (Wildman–Crippen LogP) is -1.28. The molecule has 2 rings (SSSR count). The van der Waals surface area contributed by atoms with E-state index in [0.717, 1.165) is 0 Å². The van der Waals surface area contributed by atoms with E-state index < -0.39 is 79.5 Å². The van der Waals surface area contributed by atoms with Crippen LogP contribution >= 0.6 is 0 Å². The lowest BCUT2D eigenvalue weighted by Gasteiger charge is -2.27. The number of carbonyl (C=O) groups is 5. The van der Waals surface area contributed by atoms with Gasteiger partial charge < -0.3 is 41.7 Å². The van der Waals surface area contributed by atoms with Crippen LogP contribution in [0.4, 0.5) is 0 Å². The van der Waals surface area contributed by atoms with Crippen molar-refractivity contribution in [3.05, 3.63) is 35.9 Å². The summed E-state index contributed by atoms with van der Waals surface area (Å²) in [5.41, 5.74) is 0.492. The van der Waals surface area contributed by atoms with Crippen molar-refractivity contribution in [3.63, 3.8) is 0 Å². The van der Waals surface area contributed by atoms with Gasteiger partial charge in [-0.05, 0) is 30.7 Å². The topological polar surface area (TPSA) is 214 Å². The number of aliphatic hydroxyl groups excluding tert-OH is 3. The monoisotopic (exact) mass is 550 g/mol. The number of amides is 4. The zero-order valence-electron chi connectivity index (χ0n) is 22.0. The summed E-state index contributed by atoms with van der Waals surface area (Å²) < 4.78 is 0. The minimum Gasteiger partial charge on any atom is -0.481 e. The van der Waals surface area contributed by atoms with Gasteiger partial charge in [-0.2, -0.15) is 0 Å². The van der Waals surface area contributed by atoms with E-state index in [4.69, 9.17) is 0 Å². The van der Waals surface area contributed by atoms with Gasteiger partial charge in [0.05, 0.1) is 31.2 Å². The Bertz CT molecular complexity index is 1000. The number of hydrogen-bond acceptors (Lipinski definition) is 8. The summed E-state index contributed by atoms with van der Waals surface area (Å²) in [7, 11) is 0. The van der Waals surface area contributed by atoms with Crippen LogP contribution in [-0.2, 0) is 24.0 Å². The molecular formula is C26H38N4O9. The van der Waals surface area contributed by atoms with E-state index in [1.807, 2.05) is 13.8 Å². The molecule has 0 saturated carbocycles. The Kier molecular flexibility index (Phi) is 12.3. The molecule has 6 atom stereocenters. The predicted molar refractivity (Wildman–Crippen MR) is 138 cm³/mol. The van der Waals surface area contributed by atoms with Gasteiger partial charge in [0.15, 0.2) is 6.10 Å². The molecule has 1 fully saturated rings. The number of rotatable bonds is 15. The number of carbonyl (C=O) groups excluding carboxylic acids is 4. The van der Waals surface area contributed by atoms with Crippen LogP contribution in [0.2, 0.25) is 0 Å². The van der Waals surface area contributed by atoms with E-state index in [-0.39, 0.29) is 24.7 Å². The van der Waals surface area contributed by atoms with Crippen LogP contribution in [0.3, 0.4) is 0 Å². The molecule has 0 bridgehead atoms. The largest absolute Gasteiger partial charge is 0.481 e. The number of carboxylic acid groups (broad SMARTS) is 1. The quantitative estimate of drug-likeness (QED) is 0.130. The summed E-state index contributed by atoms with van der Waals surface area (Å²) in [6, 6.07) is 4.50. The summed E-state index contributed by atoms with van der Waals surface area (Å²) >= 11 is 0. The van der Waals surface area contributed by atoms with Crippen LogP contribution in [0.5, 0.6) is 0 Å². The third kappa shape index (κ3) is 10.3. The van der Waals surface area contributed by atoms with Crippen LogP contribution < -0.4 is 21.3 Å². The van der Waals surface area contributed by atoms with Crippen molar-refractivity contribution in [3.8, 4) is 0 Å². The summed E-state index contributed by atoms with van der Waals surface area (Å²) in [6.07, 6.45) is -3.78. The van der Waals surface area contributed by atoms with Gasteiger partial charge in [0.1, 0.15) is 12.1 Å². The lowest BCUT2D eigenvalue weighted by molar-refractivity contribution is -0.139. The molecule has 1 aliphatic heterocycles. The van der Waals surface area contributed by atoms with E-state index in [0.29, 0.717) is 12.0 Å². The van der Waals surface area contributed by atoms with E-state index >= 15 is 0 Å². The maximum absolute atomic E-state index is 12.9. The highest BCUT2D eigenvalue weighted by molar-refractivity contribution is 5.94. The second kappa shape index (κ2) is 15.1. The SMILES string of the molecule is CC(C)C[C@H](NC(=O)[C@@H]1CCC(=O)N1)C(=O)N[C@@H](CO)C[C@@H](O)[C@H](O)C(=O)N[C@@H](CC(=O)O)c1ccccc1.